The Morgan fingerprint density at radius 1 is 1.06 bits per heavy atom. The highest BCUT2D eigenvalue weighted by molar-refractivity contribution is 5.89. The molecule has 1 aliphatic rings. The first kappa shape index (κ1) is 23.4. The van der Waals surface area contributed by atoms with Crippen molar-refractivity contribution in [2.75, 3.05) is 32.1 Å². The summed E-state index contributed by atoms with van der Waals surface area (Å²) in [5.41, 5.74) is 5.30. The molecule has 0 atom stereocenters. The number of amides is 2. The Kier molecular flexibility index (Phi) is 7.81. The molecule has 0 aliphatic carbocycles. The summed E-state index contributed by atoms with van der Waals surface area (Å²) in [5, 5.41) is 2.93. The minimum atomic E-state index is -0.0730. The Morgan fingerprint density at radius 3 is 2.62 bits per heavy atom. The molecule has 4 rings (SSSR count). The van der Waals surface area contributed by atoms with Crippen LogP contribution >= 0.6 is 0 Å². The third kappa shape index (κ3) is 6.61. The van der Waals surface area contributed by atoms with E-state index in [1.165, 1.54) is 11.1 Å². The monoisotopic (exact) mass is 457 g/mol. The molecule has 2 aromatic carbocycles. The number of piperidine rings is 1. The van der Waals surface area contributed by atoms with Crippen molar-refractivity contribution in [2.45, 2.75) is 26.2 Å². The lowest BCUT2D eigenvalue weighted by Crippen LogP contribution is -2.39. The Hall–Kier alpha value is -3.80. The third-order valence-electron chi connectivity index (χ3n) is 5.88. The van der Waals surface area contributed by atoms with Crippen molar-refractivity contribution < 1.29 is 14.3 Å². The van der Waals surface area contributed by atoms with Gasteiger partial charge in [0.1, 0.15) is 11.5 Å². The summed E-state index contributed by atoms with van der Waals surface area (Å²) in [6.45, 7) is 3.93. The van der Waals surface area contributed by atoms with Crippen LogP contribution in [-0.4, -0.2) is 42.7 Å². The van der Waals surface area contributed by atoms with Crippen LogP contribution in [0.4, 0.5) is 10.5 Å². The number of anilines is 1. The van der Waals surface area contributed by atoms with Crippen molar-refractivity contribution in [2.24, 2.45) is 0 Å². The van der Waals surface area contributed by atoms with E-state index in [0.29, 0.717) is 19.7 Å². The Bertz CT molecular complexity index is 1130. The highest BCUT2D eigenvalue weighted by atomic mass is 16.5. The number of aromatic nitrogens is 1. The van der Waals surface area contributed by atoms with Crippen molar-refractivity contribution in [3.05, 3.63) is 89.3 Å². The summed E-state index contributed by atoms with van der Waals surface area (Å²) in [6, 6.07) is 19.9. The molecule has 0 radical (unpaired) electrons. The summed E-state index contributed by atoms with van der Waals surface area (Å²) in [6.07, 6.45) is 6.45. The second-order valence-electron chi connectivity index (χ2n) is 8.43. The molecule has 0 unspecified atom stereocenters. The molecule has 1 fully saturated rings. The fourth-order valence-electron chi connectivity index (χ4n) is 3.93. The molecule has 0 saturated carbocycles. The van der Waals surface area contributed by atoms with Gasteiger partial charge in [-0.1, -0.05) is 35.9 Å². The standard InChI is InChI=1S/C28H31N3O3/c1-21-9-10-25(20-29-21)30-28(32)31-14-11-23(12-15-31)17-24-6-4-8-27(19-24)34-16-13-22-5-3-7-26(18-22)33-2/h3-10,17-20H,11-16H2,1-2H3,(H,30,32). The van der Waals surface area contributed by atoms with Crippen LogP contribution in [0.15, 0.2) is 72.4 Å². The number of nitrogens with one attached hydrogen (secondary N) is 1. The predicted octanol–water partition coefficient (Wildman–Crippen LogP) is 5.73. The molecule has 1 aliphatic heterocycles. The van der Waals surface area contributed by atoms with Crippen LogP contribution in [-0.2, 0) is 6.42 Å². The first-order valence-corrected chi connectivity index (χ1v) is 11.6. The number of ether oxygens (including phenoxy) is 2. The number of methoxy groups -OCH3 is 1. The topological polar surface area (TPSA) is 63.7 Å². The molecule has 6 heteroatoms. The highest BCUT2D eigenvalue weighted by Crippen LogP contribution is 2.23. The maximum absolute atomic E-state index is 12.5. The number of likely N-dealkylation sites (tertiary alicyclic amines) is 1. The second kappa shape index (κ2) is 11.4. The van der Waals surface area contributed by atoms with E-state index >= 15 is 0 Å². The van der Waals surface area contributed by atoms with Crippen molar-refractivity contribution in [3.63, 3.8) is 0 Å². The van der Waals surface area contributed by atoms with Gasteiger partial charge in [0.25, 0.3) is 0 Å². The van der Waals surface area contributed by atoms with E-state index < -0.39 is 0 Å². The zero-order valence-corrected chi connectivity index (χ0v) is 19.8. The molecule has 2 heterocycles. The Morgan fingerprint density at radius 2 is 1.85 bits per heavy atom. The van der Waals surface area contributed by atoms with Gasteiger partial charge in [-0.3, -0.25) is 4.98 Å². The number of carbonyl (C=O) groups excluding carboxylic acids is 1. The Balaban J connectivity index is 1.27. The van der Waals surface area contributed by atoms with Gasteiger partial charge in [0.15, 0.2) is 0 Å². The molecular formula is C28H31N3O3. The number of carbonyl (C=O) groups is 1. The average molecular weight is 458 g/mol. The van der Waals surface area contributed by atoms with Gasteiger partial charge in [0.2, 0.25) is 0 Å². The van der Waals surface area contributed by atoms with Crippen molar-refractivity contribution in [3.8, 4) is 11.5 Å². The molecule has 1 aromatic heterocycles. The highest BCUT2D eigenvalue weighted by Gasteiger charge is 2.19. The normalized spacial score (nSPS) is 13.4. The first-order valence-electron chi connectivity index (χ1n) is 11.6. The average Bonchev–Trinajstić information content (AvgIpc) is 2.86. The maximum Gasteiger partial charge on any atom is 0.321 e. The van der Waals surface area contributed by atoms with Crippen LogP contribution in [0, 0.1) is 6.92 Å². The Labute approximate surface area is 201 Å². The largest absolute Gasteiger partial charge is 0.497 e. The lowest BCUT2D eigenvalue weighted by Gasteiger charge is -2.28. The van der Waals surface area contributed by atoms with Crippen molar-refractivity contribution >= 4 is 17.8 Å². The smallest absolute Gasteiger partial charge is 0.321 e. The molecular weight excluding hydrogens is 426 g/mol. The number of pyridine rings is 1. The minimum absolute atomic E-state index is 0.0730. The molecule has 6 nitrogen and oxygen atoms in total. The fourth-order valence-corrected chi connectivity index (χ4v) is 3.93. The van der Waals surface area contributed by atoms with Crippen LogP contribution in [0.5, 0.6) is 11.5 Å². The van der Waals surface area contributed by atoms with Gasteiger partial charge in [-0.2, -0.15) is 0 Å². The number of nitrogens with zero attached hydrogens (tertiary/aromatic N) is 2. The molecule has 1 N–H and O–H groups in total. The van der Waals surface area contributed by atoms with Crippen LogP contribution in [0.1, 0.15) is 29.7 Å². The second-order valence-corrected chi connectivity index (χ2v) is 8.43. The number of urea groups is 1. The first-order chi connectivity index (χ1) is 16.6. The molecule has 1 saturated heterocycles. The molecule has 2 amide bonds. The molecule has 0 spiro atoms. The van der Waals surface area contributed by atoms with Gasteiger partial charge in [-0.25, -0.2) is 4.79 Å². The van der Waals surface area contributed by atoms with E-state index in [9.17, 15) is 4.79 Å². The number of hydrogen-bond acceptors (Lipinski definition) is 4. The molecule has 176 valence electrons. The summed E-state index contributed by atoms with van der Waals surface area (Å²) < 4.78 is 11.3. The van der Waals surface area contributed by atoms with E-state index in [2.05, 4.69) is 34.6 Å². The van der Waals surface area contributed by atoms with E-state index in [1.807, 2.05) is 54.3 Å². The van der Waals surface area contributed by atoms with Crippen LogP contribution in [0.25, 0.3) is 6.08 Å². The van der Waals surface area contributed by atoms with Crippen molar-refractivity contribution in [1.29, 1.82) is 0 Å². The molecule has 34 heavy (non-hydrogen) atoms. The van der Waals surface area contributed by atoms with E-state index in [-0.39, 0.29) is 6.03 Å². The number of hydrogen-bond donors (Lipinski definition) is 1. The number of aryl methyl sites for hydroxylation is 1. The lowest BCUT2D eigenvalue weighted by atomic mass is 10.0. The van der Waals surface area contributed by atoms with Gasteiger partial charge in [-0.05, 0) is 67.3 Å². The zero-order valence-electron chi connectivity index (χ0n) is 19.8. The summed E-state index contributed by atoms with van der Waals surface area (Å²) in [5.74, 6) is 1.72. The van der Waals surface area contributed by atoms with Crippen LogP contribution < -0.4 is 14.8 Å². The van der Waals surface area contributed by atoms with Crippen molar-refractivity contribution in [1.82, 2.24) is 9.88 Å². The van der Waals surface area contributed by atoms with Gasteiger partial charge in [0.05, 0.1) is 25.6 Å². The number of benzene rings is 2. The van der Waals surface area contributed by atoms with Gasteiger partial charge >= 0.3 is 6.03 Å². The summed E-state index contributed by atoms with van der Waals surface area (Å²) >= 11 is 0. The predicted molar refractivity (Wildman–Crippen MR) is 135 cm³/mol. The lowest BCUT2D eigenvalue weighted by molar-refractivity contribution is 0.208. The van der Waals surface area contributed by atoms with E-state index in [0.717, 1.165) is 47.7 Å². The van der Waals surface area contributed by atoms with Gasteiger partial charge in [0, 0.05) is 25.2 Å². The SMILES string of the molecule is COc1cccc(CCOc2cccc(C=C3CCN(C(=O)Nc4ccc(C)nc4)CC3)c2)c1. The van der Waals surface area contributed by atoms with Crippen LogP contribution in [0.3, 0.4) is 0 Å². The molecule has 3 aromatic rings. The van der Waals surface area contributed by atoms with Gasteiger partial charge in [-0.15, -0.1) is 0 Å². The minimum Gasteiger partial charge on any atom is -0.497 e. The van der Waals surface area contributed by atoms with E-state index in [1.54, 1.807) is 13.3 Å². The summed E-state index contributed by atoms with van der Waals surface area (Å²) in [7, 11) is 1.68. The summed E-state index contributed by atoms with van der Waals surface area (Å²) in [4.78, 5) is 18.6. The van der Waals surface area contributed by atoms with Gasteiger partial charge < -0.3 is 19.7 Å². The quantitative estimate of drug-likeness (QED) is 0.492. The van der Waals surface area contributed by atoms with Crippen LogP contribution in [0.2, 0.25) is 0 Å². The maximum atomic E-state index is 12.5. The molecule has 0 bridgehead atoms. The zero-order chi connectivity index (χ0) is 23.8. The fraction of sp³-hybridized carbons (Fsp3) is 0.286. The number of rotatable bonds is 7. The third-order valence-corrected chi connectivity index (χ3v) is 5.88. The van der Waals surface area contributed by atoms with E-state index in [4.69, 9.17) is 9.47 Å².